The Morgan fingerprint density at radius 3 is 2.65 bits per heavy atom. The van der Waals surface area contributed by atoms with Crippen LogP contribution >= 0.6 is 34.5 Å². The van der Waals surface area contributed by atoms with Crippen molar-refractivity contribution in [2.45, 2.75) is 36.8 Å². The molecule has 1 aliphatic heterocycles. The van der Waals surface area contributed by atoms with E-state index in [1.165, 1.54) is 19.2 Å². The second-order valence-corrected chi connectivity index (χ2v) is 14.1. The molecule has 4 heterocycles. The van der Waals surface area contributed by atoms with E-state index in [0.29, 0.717) is 33.1 Å². The van der Waals surface area contributed by atoms with Crippen molar-refractivity contribution in [2.75, 3.05) is 20.3 Å². The van der Waals surface area contributed by atoms with Crippen LogP contribution in [0.2, 0.25) is 9.36 Å². The third-order valence-corrected chi connectivity index (χ3v) is 10.2. The van der Waals surface area contributed by atoms with Gasteiger partial charge in [0.1, 0.15) is 52.0 Å². The highest BCUT2D eigenvalue weighted by molar-refractivity contribution is 7.14. The van der Waals surface area contributed by atoms with Crippen molar-refractivity contribution in [3.8, 4) is 22.8 Å². The lowest BCUT2D eigenvalue weighted by molar-refractivity contribution is -0.123. The molecule has 248 valence electrons. The number of pyridine rings is 1. The van der Waals surface area contributed by atoms with Gasteiger partial charge in [0, 0.05) is 39.9 Å². The first kappa shape index (κ1) is 32.3. The number of nitrogens with one attached hydrogen (secondary N) is 1. The molecule has 1 unspecified atom stereocenters. The Balaban J connectivity index is 1.33. The highest BCUT2D eigenvalue weighted by Gasteiger charge is 2.46. The highest BCUT2D eigenvalue weighted by atomic mass is 35.5. The summed E-state index contributed by atoms with van der Waals surface area (Å²) in [4.78, 5) is 31.0. The number of benzene rings is 2. The van der Waals surface area contributed by atoms with Gasteiger partial charge in [-0.1, -0.05) is 23.2 Å². The summed E-state index contributed by atoms with van der Waals surface area (Å²) < 4.78 is 43.1. The minimum atomic E-state index is -2.09. The fraction of sp³-hybridized carbons (Fsp3) is 0.273. The van der Waals surface area contributed by atoms with Crippen LogP contribution in [-0.2, 0) is 15.8 Å². The summed E-state index contributed by atoms with van der Waals surface area (Å²) >= 11 is 13.5. The van der Waals surface area contributed by atoms with E-state index in [4.69, 9.17) is 38.4 Å². The van der Waals surface area contributed by atoms with Gasteiger partial charge < -0.3 is 25.6 Å². The number of rotatable bonds is 9. The molecule has 5 aromatic rings. The molecule has 0 spiro atoms. The fourth-order valence-electron chi connectivity index (χ4n) is 5.80. The number of nitrogens with two attached hydrogens (primary N) is 1. The number of ether oxygens (including phenoxy) is 2. The number of methoxy groups -OCH3 is 1. The standard InChI is InChI=1S/C33H27Cl2F2N5O5S/c1-32(31(38)44)14-47-29-20(32)9-25(40-28(29)19-8-21(34)23(37)10-22(19)36)33(45,17-7-26(35)48-12-17)13-39-30(43)15-5-16-11-42(18-3-4-18)41-27(16)24(6-15)46-2/h5-12,18,45H,3-4,13-14H2,1-2H3,(H2,38,44)(H,39,43)/t32-,33?/m0/s1. The molecule has 1 saturated carbocycles. The molecule has 7 rings (SSSR count). The number of carbonyl (C=O) groups is 2. The molecule has 2 aromatic carbocycles. The zero-order valence-electron chi connectivity index (χ0n) is 25.4. The molecule has 1 aliphatic carbocycles. The molecular formula is C33H27Cl2F2N5O5S. The fourth-order valence-corrected chi connectivity index (χ4v) is 6.91. The van der Waals surface area contributed by atoms with Crippen LogP contribution in [0, 0.1) is 11.6 Å². The molecule has 0 saturated heterocycles. The van der Waals surface area contributed by atoms with Gasteiger partial charge in [0.25, 0.3) is 5.91 Å². The van der Waals surface area contributed by atoms with Crippen molar-refractivity contribution in [3.63, 3.8) is 0 Å². The SMILES string of the molecule is COc1cc(C(=O)NCC(O)(c2csc(Cl)c2)c2cc3c(c(-c4cc(Cl)c(F)cc4F)n2)OC[C@]3(C)C(N)=O)cc2cn(C3CC3)nc12. The van der Waals surface area contributed by atoms with E-state index in [2.05, 4.69) is 15.4 Å². The predicted octanol–water partition coefficient (Wildman–Crippen LogP) is 5.89. The minimum absolute atomic E-state index is 0.0171. The van der Waals surface area contributed by atoms with E-state index in [1.54, 1.807) is 24.4 Å². The first-order valence-corrected chi connectivity index (χ1v) is 16.4. The third kappa shape index (κ3) is 5.34. The molecule has 2 aliphatic rings. The highest BCUT2D eigenvalue weighted by Crippen LogP contribution is 2.47. The van der Waals surface area contributed by atoms with E-state index in [9.17, 15) is 19.1 Å². The Hall–Kier alpha value is -4.30. The maximum Gasteiger partial charge on any atom is 0.251 e. The Bertz CT molecular complexity index is 2150. The maximum atomic E-state index is 15.3. The van der Waals surface area contributed by atoms with E-state index >= 15 is 4.39 Å². The number of primary amides is 1. The molecule has 2 atom stereocenters. The molecule has 0 radical (unpaired) electrons. The molecule has 4 N–H and O–H groups in total. The lowest BCUT2D eigenvalue weighted by Gasteiger charge is -2.29. The van der Waals surface area contributed by atoms with Crippen molar-refractivity contribution >= 4 is 57.3 Å². The van der Waals surface area contributed by atoms with E-state index in [-0.39, 0.29) is 51.0 Å². The first-order valence-electron chi connectivity index (χ1n) is 14.8. The van der Waals surface area contributed by atoms with Crippen molar-refractivity contribution < 1.29 is 33.0 Å². The summed E-state index contributed by atoms with van der Waals surface area (Å²) in [7, 11) is 1.49. The average molecular weight is 715 g/mol. The van der Waals surface area contributed by atoms with Gasteiger partial charge in [-0.3, -0.25) is 14.3 Å². The number of hydrogen-bond acceptors (Lipinski definition) is 8. The van der Waals surface area contributed by atoms with Crippen LogP contribution in [0.1, 0.15) is 53.0 Å². The maximum absolute atomic E-state index is 15.3. The number of carbonyl (C=O) groups excluding carboxylic acids is 2. The van der Waals surface area contributed by atoms with E-state index in [0.717, 1.165) is 30.2 Å². The van der Waals surface area contributed by atoms with E-state index in [1.807, 2.05) is 10.9 Å². The molecule has 2 amide bonds. The van der Waals surface area contributed by atoms with Gasteiger partial charge >= 0.3 is 0 Å². The molecule has 48 heavy (non-hydrogen) atoms. The molecular weight excluding hydrogens is 687 g/mol. The summed E-state index contributed by atoms with van der Waals surface area (Å²) in [6.45, 7) is 0.903. The summed E-state index contributed by atoms with van der Waals surface area (Å²) in [6, 6.07) is 8.14. The smallest absolute Gasteiger partial charge is 0.251 e. The number of hydrogen-bond donors (Lipinski definition) is 3. The number of amides is 2. The average Bonchev–Trinajstić information content (AvgIpc) is 3.50. The van der Waals surface area contributed by atoms with Crippen molar-refractivity contribution in [3.05, 3.63) is 91.4 Å². The quantitative estimate of drug-likeness (QED) is 0.162. The molecule has 0 bridgehead atoms. The van der Waals surface area contributed by atoms with Crippen LogP contribution in [0.15, 0.2) is 48.0 Å². The number of thiophene rings is 1. The van der Waals surface area contributed by atoms with Crippen molar-refractivity contribution in [1.82, 2.24) is 20.1 Å². The molecule has 3 aromatic heterocycles. The van der Waals surface area contributed by atoms with E-state index < -0.39 is 41.0 Å². The molecule has 10 nitrogen and oxygen atoms in total. The summed E-state index contributed by atoms with van der Waals surface area (Å²) in [6.07, 6.45) is 3.92. The Kier molecular flexibility index (Phi) is 7.86. The third-order valence-electron chi connectivity index (χ3n) is 8.85. The van der Waals surface area contributed by atoms with Crippen LogP contribution in [-0.4, -0.2) is 51.9 Å². The Morgan fingerprint density at radius 1 is 1.21 bits per heavy atom. The van der Waals surface area contributed by atoms with Crippen molar-refractivity contribution in [1.29, 1.82) is 0 Å². The lowest BCUT2D eigenvalue weighted by Crippen LogP contribution is -2.43. The van der Waals surface area contributed by atoms with Gasteiger partial charge in [-0.25, -0.2) is 13.8 Å². The summed E-state index contributed by atoms with van der Waals surface area (Å²) in [5.41, 5.74) is 3.15. The number of aromatic nitrogens is 3. The zero-order chi connectivity index (χ0) is 34.1. The van der Waals surface area contributed by atoms with Gasteiger partial charge in [0.2, 0.25) is 5.91 Å². The Labute approximate surface area is 286 Å². The monoisotopic (exact) mass is 713 g/mol. The van der Waals surface area contributed by atoms with Gasteiger partial charge in [-0.05, 0) is 55.5 Å². The normalized spacial score (nSPS) is 18.3. The van der Waals surface area contributed by atoms with Crippen molar-refractivity contribution in [2.24, 2.45) is 5.73 Å². The number of nitrogens with zero attached hydrogens (tertiary/aromatic N) is 3. The zero-order valence-corrected chi connectivity index (χ0v) is 27.8. The minimum Gasteiger partial charge on any atom is -0.494 e. The van der Waals surface area contributed by atoms with Crippen LogP contribution in [0.5, 0.6) is 11.5 Å². The van der Waals surface area contributed by atoms with Crippen LogP contribution in [0.4, 0.5) is 8.78 Å². The van der Waals surface area contributed by atoms with Gasteiger partial charge in [-0.2, -0.15) is 5.10 Å². The molecule has 1 fully saturated rings. The largest absolute Gasteiger partial charge is 0.494 e. The number of aliphatic hydroxyl groups is 1. The van der Waals surface area contributed by atoms with Gasteiger partial charge in [-0.15, -0.1) is 11.3 Å². The topological polar surface area (TPSA) is 142 Å². The lowest BCUT2D eigenvalue weighted by atomic mass is 9.81. The Morgan fingerprint density at radius 2 is 1.98 bits per heavy atom. The van der Waals surface area contributed by atoms with Crippen LogP contribution < -0.4 is 20.5 Å². The number of halogens is 4. The summed E-state index contributed by atoms with van der Waals surface area (Å²) in [5, 5.41) is 21.8. The van der Waals surface area contributed by atoms with Gasteiger partial charge in [0.15, 0.2) is 0 Å². The predicted molar refractivity (Wildman–Crippen MR) is 176 cm³/mol. The van der Waals surface area contributed by atoms with Crippen LogP contribution in [0.25, 0.3) is 22.2 Å². The second kappa shape index (κ2) is 11.7. The second-order valence-electron chi connectivity index (χ2n) is 12.1. The number of fused-ring (bicyclic) bond motifs is 2. The molecule has 15 heteroatoms. The summed E-state index contributed by atoms with van der Waals surface area (Å²) in [5.74, 6) is -2.86. The first-order chi connectivity index (χ1) is 22.8. The van der Waals surface area contributed by atoms with Crippen LogP contribution in [0.3, 0.4) is 0 Å². The van der Waals surface area contributed by atoms with Gasteiger partial charge in [0.05, 0.1) is 34.7 Å².